The molecule has 0 amide bonds. The summed E-state index contributed by atoms with van der Waals surface area (Å²) in [6.07, 6.45) is 0. The minimum absolute atomic E-state index is 0.0953. The Kier molecular flexibility index (Phi) is 4.71. The molecule has 0 N–H and O–H groups in total. The molecule has 0 saturated carbocycles. The number of Topliss-reactive ketones (excluding diaryl/α,β-unsaturated/α-hetero) is 2. The highest BCUT2D eigenvalue weighted by Gasteiger charge is 2.39. The number of benzene rings is 3. The number of ketones is 2. The van der Waals surface area contributed by atoms with Crippen molar-refractivity contribution in [1.82, 2.24) is 0 Å². The molecule has 0 radical (unpaired) electrons. The van der Waals surface area contributed by atoms with Gasteiger partial charge in [-0.05, 0) is 37.1 Å². The summed E-state index contributed by atoms with van der Waals surface area (Å²) in [5, 5.41) is 0. The van der Waals surface area contributed by atoms with Gasteiger partial charge in [0.05, 0.1) is 5.92 Å². The fourth-order valence-electron chi connectivity index (χ4n) is 3.77. The van der Waals surface area contributed by atoms with Crippen molar-refractivity contribution >= 4 is 23.3 Å². The van der Waals surface area contributed by atoms with Crippen LogP contribution in [0.15, 0.2) is 82.6 Å². The van der Waals surface area contributed by atoms with Gasteiger partial charge in [-0.1, -0.05) is 78.0 Å². The molecule has 0 fully saturated rings. The van der Waals surface area contributed by atoms with Gasteiger partial charge in [0.1, 0.15) is 5.78 Å². The Morgan fingerprint density at radius 1 is 0.815 bits per heavy atom. The zero-order valence-electron chi connectivity index (χ0n) is 15.3. The zero-order valence-corrected chi connectivity index (χ0v) is 16.1. The van der Waals surface area contributed by atoms with Crippen LogP contribution < -0.4 is 0 Å². The summed E-state index contributed by atoms with van der Waals surface area (Å²) in [6, 6.07) is 23.7. The van der Waals surface area contributed by atoms with Crippen LogP contribution in [0.5, 0.6) is 0 Å². The zero-order chi connectivity index (χ0) is 19.0. The number of fused-ring (bicyclic) bond motifs is 2. The molecule has 1 aliphatic rings. The van der Waals surface area contributed by atoms with Crippen LogP contribution in [0.2, 0.25) is 0 Å². The van der Waals surface area contributed by atoms with Crippen LogP contribution in [0.4, 0.5) is 0 Å². The molecule has 1 aliphatic heterocycles. The highest BCUT2D eigenvalue weighted by molar-refractivity contribution is 7.99. The van der Waals surface area contributed by atoms with Crippen LogP contribution in [0, 0.1) is 12.8 Å². The van der Waals surface area contributed by atoms with Crippen molar-refractivity contribution in [3.8, 4) is 0 Å². The normalized spacial score (nSPS) is 14.1. The van der Waals surface area contributed by atoms with E-state index in [0.29, 0.717) is 5.56 Å². The number of rotatable bonds is 4. The van der Waals surface area contributed by atoms with Gasteiger partial charge in [-0.3, -0.25) is 9.59 Å². The molecule has 0 bridgehead atoms. The molecular weight excluding hydrogens is 352 g/mol. The van der Waals surface area contributed by atoms with Gasteiger partial charge >= 0.3 is 0 Å². The van der Waals surface area contributed by atoms with Gasteiger partial charge in [0.25, 0.3) is 0 Å². The second-order valence-electron chi connectivity index (χ2n) is 6.97. The van der Waals surface area contributed by atoms with E-state index < -0.39 is 5.92 Å². The van der Waals surface area contributed by atoms with Crippen LogP contribution in [-0.4, -0.2) is 11.6 Å². The largest absolute Gasteiger partial charge is 0.299 e. The average molecular weight is 372 g/mol. The number of carbonyl (C=O) groups is 2. The monoisotopic (exact) mass is 372 g/mol. The van der Waals surface area contributed by atoms with E-state index in [2.05, 4.69) is 12.1 Å². The van der Waals surface area contributed by atoms with E-state index in [1.54, 1.807) is 11.8 Å². The molecule has 0 saturated heterocycles. The number of carbonyl (C=O) groups excluding carboxylic acids is 2. The van der Waals surface area contributed by atoms with E-state index in [4.69, 9.17) is 0 Å². The van der Waals surface area contributed by atoms with E-state index >= 15 is 0 Å². The van der Waals surface area contributed by atoms with Crippen LogP contribution >= 0.6 is 11.8 Å². The quantitative estimate of drug-likeness (QED) is 0.436. The predicted octanol–water partition coefficient (Wildman–Crippen LogP) is 5.68. The minimum atomic E-state index is -0.726. The number of hydrogen-bond donors (Lipinski definition) is 0. The molecule has 4 rings (SSSR count). The molecular formula is C24H20O2S. The maximum atomic E-state index is 13.4. The maximum Gasteiger partial charge on any atom is 0.174 e. The Hall–Kier alpha value is -2.65. The lowest BCUT2D eigenvalue weighted by atomic mass is 9.75. The van der Waals surface area contributed by atoms with E-state index in [1.165, 1.54) is 6.92 Å². The van der Waals surface area contributed by atoms with Crippen LogP contribution in [0.3, 0.4) is 0 Å². The third-order valence-corrected chi connectivity index (χ3v) is 6.30. The summed E-state index contributed by atoms with van der Waals surface area (Å²) in [5.74, 6) is -1.19. The van der Waals surface area contributed by atoms with Crippen molar-refractivity contribution in [2.75, 3.05) is 0 Å². The third-order valence-electron chi connectivity index (χ3n) is 5.12. The van der Waals surface area contributed by atoms with Gasteiger partial charge in [-0.25, -0.2) is 0 Å². The van der Waals surface area contributed by atoms with Crippen molar-refractivity contribution in [2.24, 2.45) is 5.92 Å². The Labute approximate surface area is 163 Å². The van der Waals surface area contributed by atoms with Crippen molar-refractivity contribution in [2.45, 2.75) is 29.6 Å². The molecule has 27 heavy (non-hydrogen) atoms. The Morgan fingerprint density at radius 3 is 1.85 bits per heavy atom. The lowest BCUT2D eigenvalue weighted by Crippen LogP contribution is -2.31. The first-order valence-electron chi connectivity index (χ1n) is 9.03. The number of aryl methyl sites for hydroxylation is 1. The third kappa shape index (κ3) is 3.24. The predicted molar refractivity (Wildman–Crippen MR) is 109 cm³/mol. The smallest absolute Gasteiger partial charge is 0.174 e. The van der Waals surface area contributed by atoms with Crippen LogP contribution in [0.1, 0.15) is 39.9 Å². The highest BCUT2D eigenvalue weighted by Crippen LogP contribution is 2.49. The summed E-state index contributed by atoms with van der Waals surface area (Å²) in [7, 11) is 0. The highest BCUT2D eigenvalue weighted by atomic mass is 32.2. The van der Waals surface area contributed by atoms with Crippen molar-refractivity contribution in [1.29, 1.82) is 0 Å². The summed E-state index contributed by atoms with van der Waals surface area (Å²) in [4.78, 5) is 28.3. The first-order valence-corrected chi connectivity index (χ1v) is 9.85. The first-order chi connectivity index (χ1) is 13.1. The Morgan fingerprint density at radius 2 is 1.33 bits per heavy atom. The molecule has 0 aliphatic carbocycles. The summed E-state index contributed by atoms with van der Waals surface area (Å²) >= 11 is 1.70. The van der Waals surface area contributed by atoms with Crippen LogP contribution in [0.25, 0.3) is 0 Å². The summed E-state index contributed by atoms with van der Waals surface area (Å²) in [6.45, 7) is 3.52. The Balaban J connectivity index is 1.87. The van der Waals surface area contributed by atoms with Crippen LogP contribution in [-0.2, 0) is 4.79 Å². The summed E-state index contributed by atoms with van der Waals surface area (Å²) in [5.41, 5.74) is 3.80. The van der Waals surface area contributed by atoms with E-state index in [-0.39, 0.29) is 17.5 Å². The first kappa shape index (κ1) is 17.7. The molecule has 0 spiro atoms. The molecule has 1 unspecified atom stereocenters. The Bertz CT molecular complexity index is 975. The molecule has 134 valence electrons. The molecule has 2 nitrogen and oxygen atoms in total. The van der Waals surface area contributed by atoms with Gasteiger partial charge in [0.15, 0.2) is 5.78 Å². The summed E-state index contributed by atoms with van der Waals surface area (Å²) < 4.78 is 0. The van der Waals surface area contributed by atoms with E-state index in [9.17, 15) is 9.59 Å². The number of hydrogen-bond acceptors (Lipinski definition) is 3. The minimum Gasteiger partial charge on any atom is -0.299 e. The maximum absolute atomic E-state index is 13.4. The lowest BCUT2D eigenvalue weighted by Gasteiger charge is -2.32. The van der Waals surface area contributed by atoms with Gasteiger partial charge in [0.2, 0.25) is 0 Å². The lowest BCUT2D eigenvalue weighted by molar-refractivity contribution is -0.119. The fraction of sp³-hybridized carbons (Fsp3) is 0.167. The van der Waals surface area contributed by atoms with Gasteiger partial charge in [-0.15, -0.1) is 0 Å². The fourth-order valence-corrected chi connectivity index (χ4v) is 4.93. The standard InChI is InChI=1S/C24H20O2S/c1-15-11-13-17(14-12-15)24(26)22(16(2)25)23-18-7-3-5-9-20(18)27-21-10-6-4-8-19(21)23/h3-14,22-23H,1-2H3. The van der Waals surface area contributed by atoms with E-state index in [1.807, 2.05) is 67.6 Å². The SMILES string of the molecule is CC(=O)C(C(=O)c1ccc(C)cc1)C1c2ccccc2Sc2ccccc21. The molecule has 1 heterocycles. The van der Waals surface area contributed by atoms with Gasteiger partial charge in [0, 0.05) is 21.3 Å². The second-order valence-corrected chi connectivity index (χ2v) is 8.06. The molecule has 0 aromatic heterocycles. The second kappa shape index (κ2) is 7.16. The van der Waals surface area contributed by atoms with Gasteiger partial charge in [-0.2, -0.15) is 0 Å². The van der Waals surface area contributed by atoms with Crippen molar-refractivity contribution in [3.63, 3.8) is 0 Å². The molecule has 3 aromatic rings. The molecule has 1 atom stereocenters. The van der Waals surface area contributed by atoms with Crippen molar-refractivity contribution in [3.05, 3.63) is 95.1 Å². The van der Waals surface area contributed by atoms with Gasteiger partial charge < -0.3 is 0 Å². The molecule has 3 aromatic carbocycles. The molecule has 3 heteroatoms. The van der Waals surface area contributed by atoms with Crippen molar-refractivity contribution < 1.29 is 9.59 Å². The topological polar surface area (TPSA) is 34.1 Å². The average Bonchev–Trinajstić information content (AvgIpc) is 2.68. The van der Waals surface area contributed by atoms with E-state index in [0.717, 1.165) is 26.5 Å².